The van der Waals surface area contributed by atoms with E-state index in [9.17, 15) is 9.59 Å². The van der Waals surface area contributed by atoms with Crippen molar-refractivity contribution in [2.24, 2.45) is 0 Å². The molecule has 2 aliphatic heterocycles. The first-order chi connectivity index (χ1) is 15.6. The van der Waals surface area contributed by atoms with Crippen molar-refractivity contribution in [3.8, 4) is 0 Å². The zero-order valence-electron chi connectivity index (χ0n) is 17.9. The molecule has 0 radical (unpaired) electrons. The third-order valence-corrected chi connectivity index (χ3v) is 6.09. The minimum Gasteiger partial charge on any atom is -0.467 e. The zero-order valence-corrected chi connectivity index (χ0v) is 17.9. The summed E-state index contributed by atoms with van der Waals surface area (Å²) in [7, 11) is 0. The maximum Gasteiger partial charge on any atom is 0.414 e. The number of rotatable bonds is 6. The summed E-state index contributed by atoms with van der Waals surface area (Å²) < 4.78 is 10.7. The number of para-hydroxylation sites is 1. The molecule has 1 fully saturated rings. The maximum absolute atomic E-state index is 12.9. The molecule has 5 rings (SSSR count). The van der Waals surface area contributed by atoms with E-state index in [1.165, 1.54) is 11.3 Å². The van der Waals surface area contributed by atoms with E-state index in [0.717, 1.165) is 17.7 Å². The average Bonchev–Trinajstić information content (AvgIpc) is 3.52. The Kier molecular flexibility index (Phi) is 5.31. The molecular formula is C25H25N3O4. The Hall–Kier alpha value is -3.74. The van der Waals surface area contributed by atoms with Crippen LogP contribution in [0.4, 0.5) is 16.2 Å². The van der Waals surface area contributed by atoms with Crippen LogP contribution in [0.3, 0.4) is 0 Å². The van der Waals surface area contributed by atoms with Gasteiger partial charge in [0.25, 0.3) is 5.91 Å². The van der Waals surface area contributed by atoms with Gasteiger partial charge in [-0.25, -0.2) is 4.79 Å². The van der Waals surface area contributed by atoms with Crippen LogP contribution < -0.4 is 15.1 Å². The molecule has 2 aromatic carbocycles. The second-order valence-electron chi connectivity index (χ2n) is 8.19. The van der Waals surface area contributed by atoms with Gasteiger partial charge in [-0.1, -0.05) is 30.3 Å². The maximum atomic E-state index is 12.9. The van der Waals surface area contributed by atoms with Gasteiger partial charge in [0, 0.05) is 24.0 Å². The molecule has 7 heteroatoms. The van der Waals surface area contributed by atoms with Gasteiger partial charge >= 0.3 is 6.09 Å². The Bertz CT molecular complexity index is 1160. The number of amides is 2. The standard InChI is InChI=1S/C25H25N3O4/c1-17-13-19-6-2-3-8-22(19)28(17)16-23-21(9-11-31-23)24(29)26-15-18-5-4-7-20(14-18)27-10-12-32-25(27)30/h2-9,11,14,17H,10,12-13,15-16H2,1H3,(H,26,29). The normalized spacial score (nSPS) is 17.4. The predicted octanol–water partition coefficient (Wildman–Crippen LogP) is 4.12. The van der Waals surface area contributed by atoms with Crippen LogP contribution in [0.25, 0.3) is 0 Å². The van der Waals surface area contributed by atoms with Crippen LogP contribution in [-0.4, -0.2) is 31.2 Å². The molecule has 0 spiro atoms. The molecule has 1 N–H and O–H groups in total. The highest BCUT2D eigenvalue weighted by atomic mass is 16.6. The second kappa shape index (κ2) is 8.42. The highest BCUT2D eigenvalue weighted by Gasteiger charge is 2.28. The van der Waals surface area contributed by atoms with Gasteiger partial charge in [0.2, 0.25) is 0 Å². The van der Waals surface area contributed by atoms with Gasteiger partial charge in [-0.05, 0) is 48.7 Å². The van der Waals surface area contributed by atoms with Crippen molar-refractivity contribution in [2.45, 2.75) is 32.5 Å². The smallest absolute Gasteiger partial charge is 0.414 e. The number of benzene rings is 2. The minimum atomic E-state index is -0.341. The summed E-state index contributed by atoms with van der Waals surface area (Å²) in [6.45, 7) is 4.00. The van der Waals surface area contributed by atoms with Crippen molar-refractivity contribution < 1.29 is 18.7 Å². The SMILES string of the molecule is CC1Cc2ccccc2N1Cc1occc1C(=O)NCc1cccc(N2CCOC2=O)c1. The number of nitrogens with one attached hydrogen (secondary N) is 1. The molecule has 164 valence electrons. The minimum absolute atomic E-state index is 0.181. The number of anilines is 2. The summed E-state index contributed by atoms with van der Waals surface area (Å²) in [6, 6.07) is 18.0. The van der Waals surface area contributed by atoms with E-state index in [1.54, 1.807) is 17.2 Å². The number of hydrogen-bond acceptors (Lipinski definition) is 5. The first kappa shape index (κ1) is 20.2. The quantitative estimate of drug-likeness (QED) is 0.636. The Morgan fingerprint density at radius 1 is 1.16 bits per heavy atom. The summed E-state index contributed by atoms with van der Waals surface area (Å²) in [5, 5.41) is 2.97. The topological polar surface area (TPSA) is 75.0 Å². The lowest BCUT2D eigenvalue weighted by atomic mass is 10.1. The van der Waals surface area contributed by atoms with Crippen LogP contribution in [0.15, 0.2) is 65.3 Å². The second-order valence-corrected chi connectivity index (χ2v) is 8.19. The highest BCUT2D eigenvalue weighted by molar-refractivity contribution is 5.95. The van der Waals surface area contributed by atoms with Gasteiger partial charge in [-0.2, -0.15) is 0 Å². The van der Waals surface area contributed by atoms with E-state index in [2.05, 4.69) is 35.3 Å². The van der Waals surface area contributed by atoms with Crippen molar-refractivity contribution in [1.29, 1.82) is 0 Å². The first-order valence-corrected chi connectivity index (χ1v) is 10.8. The number of cyclic esters (lactones) is 1. The number of furan rings is 1. The lowest BCUT2D eigenvalue weighted by Gasteiger charge is -2.24. The molecule has 32 heavy (non-hydrogen) atoms. The highest BCUT2D eigenvalue weighted by Crippen LogP contribution is 2.33. The van der Waals surface area contributed by atoms with Crippen molar-refractivity contribution >= 4 is 23.4 Å². The average molecular weight is 431 g/mol. The largest absolute Gasteiger partial charge is 0.467 e. The van der Waals surface area contributed by atoms with Crippen LogP contribution in [-0.2, 0) is 24.2 Å². The summed E-state index contributed by atoms with van der Waals surface area (Å²) in [6.07, 6.45) is 2.21. The molecule has 0 saturated carbocycles. The number of nitrogens with zero attached hydrogens (tertiary/aromatic N) is 2. The number of ether oxygens (including phenoxy) is 1. The fraction of sp³-hybridized carbons (Fsp3) is 0.280. The Morgan fingerprint density at radius 2 is 2.03 bits per heavy atom. The molecule has 7 nitrogen and oxygen atoms in total. The van der Waals surface area contributed by atoms with Gasteiger partial charge < -0.3 is 19.4 Å². The Morgan fingerprint density at radius 3 is 2.88 bits per heavy atom. The Labute approximate surface area is 186 Å². The first-order valence-electron chi connectivity index (χ1n) is 10.8. The van der Waals surface area contributed by atoms with E-state index in [0.29, 0.717) is 43.6 Å². The Balaban J connectivity index is 1.26. The lowest BCUT2D eigenvalue weighted by molar-refractivity contribution is 0.0948. The summed E-state index contributed by atoms with van der Waals surface area (Å²) in [5.41, 5.74) is 4.73. The van der Waals surface area contributed by atoms with Crippen LogP contribution in [0.5, 0.6) is 0 Å². The molecule has 2 amide bonds. The van der Waals surface area contributed by atoms with Gasteiger partial charge in [0.15, 0.2) is 0 Å². The molecule has 3 aromatic rings. The van der Waals surface area contributed by atoms with E-state index in [4.69, 9.17) is 9.15 Å². The third kappa shape index (κ3) is 3.82. The van der Waals surface area contributed by atoms with Crippen LogP contribution in [0.2, 0.25) is 0 Å². The van der Waals surface area contributed by atoms with Crippen molar-refractivity contribution in [2.75, 3.05) is 23.0 Å². The van der Waals surface area contributed by atoms with Crippen LogP contribution in [0.1, 0.15) is 34.2 Å². The molecule has 1 saturated heterocycles. The van der Waals surface area contributed by atoms with Crippen molar-refractivity contribution in [3.63, 3.8) is 0 Å². The van der Waals surface area contributed by atoms with E-state index >= 15 is 0 Å². The van der Waals surface area contributed by atoms with Gasteiger partial charge in [0.05, 0.1) is 24.9 Å². The molecule has 1 unspecified atom stereocenters. The monoisotopic (exact) mass is 431 g/mol. The van der Waals surface area contributed by atoms with Crippen LogP contribution >= 0.6 is 0 Å². The number of carbonyl (C=O) groups is 2. The fourth-order valence-corrected chi connectivity index (χ4v) is 4.43. The molecule has 1 aromatic heterocycles. The van der Waals surface area contributed by atoms with Crippen LogP contribution in [0, 0.1) is 0 Å². The van der Waals surface area contributed by atoms with Gasteiger partial charge in [0.1, 0.15) is 12.4 Å². The third-order valence-electron chi connectivity index (χ3n) is 6.09. The van der Waals surface area contributed by atoms with Gasteiger partial charge in [-0.3, -0.25) is 9.69 Å². The summed E-state index contributed by atoms with van der Waals surface area (Å²) in [4.78, 5) is 28.6. The van der Waals surface area contributed by atoms with Gasteiger partial charge in [-0.15, -0.1) is 0 Å². The predicted molar refractivity (Wildman–Crippen MR) is 121 cm³/mol. The summed E-state index contributed by atoms with van der Waals surface area (Å²) >= 11 is 0. The van der Waals surface area contributed by atoms with Crippen molar-refractivity contribution in [1.82, 2.24) is 5.32 Å². The van der Waals surface area contributed by atoms with E-state index < -0.39 is 0 Å². The lowest BCUT2D eigenvalue weighted by Crippen LogP contribution is -2.30. The molecule has 2 aliphatic rings. The molecule has 0 bridgehead atoms. The number of carbonyl (C=O) groups excluding carboxylic acids is 2. The molecule has 3 heterocycles. The summed E-state index contributed by atoms with van der Waals surface area (Å²) in [5.74, 6) is 0.472. The van der Waals surface area contributed by atoms with Crippen molar-refractivity contribution in [3.05, 3.63) is 83.3 Å². The number of fused-ring (bicyclic) bond motifs is 1. The fourth-order valence-electron chi connectivity index (χ4n) is 4.43. The molecular weight excluding hydrogens is 406 g/mol. The molecule has 0 aliphatic carbocycles. The number of hydrogen-bond donors (Lipinski definition) is 1. The van der Waals surface area contributed by atoms with E-state index in [-0.39, 0.29) is 12.0 Å². The zero-order chi connectivity index (χ0) is 22.1. The molecule has 1 atom stereocenters. The van der Waals surface area contributed by atoms with E-state index in [1.807, 2.05) is 30.3 Å².